The Morgan fingerprint density at radius 1 is 1.25 bits per heavy atom. The molecule has 1 N–H and O–H groups in total. The van der Waals surface area contributed by atoms with Gasteiger partial charge in [0.2, 0.25) is 11.8 Å². The molecule has 1 heterocycles. The lowest BCUT2D eigenvalue weighted by molar-refractivity contribution is -0.149. The Labute approximate surface area is 118 Å². The SMILES string of the molecule is COCCCN1C(=O)C(c2ccccc2)NC(=O)C1C. The van der Waals surface area contributed by atoms with Crippen molar-refractivity contribution in [3.63, 3.8) is 0 Å². The zero-order valence-electron chi connectivity index (χ0n) is 11.8. The third-order valence-electron chi connectivity index (χ3n) is 3.54. The van der Waals surface area contributed by atoms with Crippen molar-refractivity contribution in [2.45, 2.75) is 25.4 Å². The van der Waals surface area contributed by atoms with Gasteiger partial charge in [-0.15, -0.1) is 0 Å². The topological polar surface area (TPSA) is 58.6 Å². The number of piperazine rings is 1. The fraction of sp³-hybridized carbons (Fsp3) is 0.467. The van der Waals surface area contributed by atoms with Crippen LogP contribution in [0.1, 0.15) is 24.9 Å². The van der Waals surface area contributed by atoms with E-state index in [1.165, 1.54) is 0 Å². The second-order valence-electron chi connectivity index (χ2n) is 4.91. The van der Waals surface area contributed by atoms with Crippen LogP contribution in [-0.4, -0.2) is 43.0 Å². The first-order chi connectivity index (χ1) is 9.65. The molecule has 2 atom stereocenters. The normalized spacial score (nSPS) is 22.8. The molecule has 1 aliphatic rings. The third kappa shape index (κ3) is 2.99. The molecule has 0 spiro atoms. The van der Waals surface area contributed by atoms with E-state index in [9.17, 15) is 9.59 Å². The third-order valence-corrected chi connectivity index (χ3v) is 3.54. The van der Waals surface area contributed by atoms with Crippen LogP contribution in [-0.2, 0) is 14.3 Å². The van der Waals surface area contributed by atoms with Crippen LogP contribution in [0, 0.1) is 0 Å². The van der Waals surface area contributed by atoms with Crippen molar-refractivity contribution in [1.82, 2.24) is 10.2 Å². The van der Waals surface area contributed by atoms with Crippen molar-refractivity contribution in [3.8, 4) is 0 Å². The monoisotopic (exact) mass is 276 g/mol. The van der Waals surface area contributed by atoms with Crippen LogP contribution in [0.3, 0.4) is 0 Å². The first-order valence-electron chi connectivity index (χ1n) is 6.80. The predicted octanol–water partition coefficient (Wildman–Crippen LogP) is 1.11. The summed E-state index contributed by atoms with van der Waals surface area (Å²) in [7, 11) is 1.63. The van der Waals surface area contributed by atoms with E-state index in [0.29, 0.717) is 13.2 Å². The van der Waals surface area contributed by atoms with Crippen LogP contribution in [0.5, 0.6) is 0 Å². The summed E-state index contributed by atoms with van der Waals surface area (Å²) in [5.41, 5.74) is 0.814. The maximum absolute atomic E-state index is 12.5. The molecule has 108 valence electrons. The Balaban J connectivity index is 2.15. The second-order valence-corrected chi connectivity index (χ2v) is 4.91. The molecule has 1 fully saturated rings. The van der Waals surface area contributed by atoms with Crippen LogP contribution in [0.25, 0.3) is 0 Å². The molecular formula is C15H20N2O3. The van der Waals surface area contributed by atoms with Gasteiger partial charge in [-0.2, -0.15) is 0 Å². The summed E-state index contributed by atoms with van der Waals surface area (Å²) in [4.78, 5) is 26.2. The number of rotatable bonds is 5. The van der Waals surface area contributed by atoms with Crippen LogP contribution in [0.2, 0.25) is 0 Å². The second kappa shape index (κ2) is 6.52. The highest BCUT2D eigenvalue weighted by molar-refractivity contribution is 5.97. The first kappa shape index (κ1) is 14.5. The molecule has 5 nitrogen and oxygen atoms in total. The lowest BCUT2D eigenvalue weighted by Gasteiger charge is -2.37. The van der Waals surface area contributed by atoms with Gasteiger partial charge in [0.05, 0.1) is 0 Å². The number of ether oxygens (including phenoxy) is 1. The molecule has 2 amide bonds. The lowest BCUT2D eigenvalue weighted by Crippen LogP contribution is -2.58. The number of carbonyl (C=O) groups is 2. The van der Waals surface area contributed by atoms with E-state index < -0.39 is 12.1 Å². The number of nitrogens with one attached hydrogen (secondary N) is 1. The summed E-state index contributed by atoms with van der Waals surface area (Å²) in [5.74, 6) is -0.171. The number of carbonyl (C=O) groups excluding carboxylic acids is 2. The van der Waals surface area contributed by atoms with Crippen molar-refractivity contribution in [1.29, 1.82) is 0 Å². The van der Waals surface area contributed by atoms with E-state index in [-0.39, 0.29) is 11.8 Å². The van der Waals surface area contributed by atoms with Crippen LogP contribution in [0.4, 0.5) is 0 Å². The fourth-order valence-corrected chi connectivity index (χ4v) is 2.38. The smallest absolute Gasteiger partial charge is 0.250 e. The Morgan fingerprint density at radius 2 is 1.95 bits per heavy atom. The molecule has 20 heavy (non-hydrogen) atoms. The molecule has 0 radical (unpaired) electrons. The van der Waals surface area contributed by atoms with E-state index in [1.807, 2.05) is 30.3 Å². The van der Waals surface area contributed by atoms with Crippen molar-refractivity contribution < 1.29 is 14.3 Å². The van der Waals surface area contributed by atoms with E-state index in [1.54, 1.807) is 18.9 Å². The largest absolute Gasteiger partial charge is 0.385 e. The molecule has 0 saturated carbocycles. The van der Waals surface area contributed by atoms with Gasteiger partial charge in [0.1, 0.15) is 12.1 Å². The fourth-order valence-electron chi connectivity index (χ4n) is 2.38. The molecule has 0 aliphatic carbocycles. The number of hydrogen-bond donors (Lipinski definition) is 1. The zero-order valence-corrected chi connectivity index (χ0v) is 11.8. The zero-order chi connectivity index (χ0) is 14.5. The van der Waals surface area contributed by atoms with Gasteiger partial charge in [0.15, 0.2) is 0 Å². The summed E-state index contributed by atoms with van der Waals surface area (Å²) in [5, 5.41) is 2.79. The molecule has 1 saturated heterocycles. The van der Waals surface area contributed by atoms with Crippen LogP contribution >= 0.6 is 0 Å². The molecule has 2 unspecified atom stereocenters. The van der Waals surface area contributed by atoms with Gasteiger partial charge < -0.3 is 15.0 Å². The van der Waals surface area contributed by atoms with Crippen molar-refractivity contribution >= 4 is 11.8 Å². The summed E-state index contributed by atoms with van der Waals surface area (Å²) in [6, 6.07) is 8.31. The summed E-state index contributed by atoms with van der Waals surface area (Å²) in [6.45, 7) is 2.86. The lowest BCUT2D eigenvalue weighted by atomic mass is 10.0. The van der Waals surface area contributed by atoms with Crippen molar-refractivity contribution in [2.75, 3.05) is 20.3 Å². The van der Waals surface area contributed by atoms with E-state index in [0.717, 1.165) is 12.0 Å². The predicted molar refractivity (Wildman–Crippen MR) is 75.0 cm³/mol. The first-order valence-corrected chi connectivity index (χ1v) is 6.80. The Kier molecular flexibility index (Phi) is 4.74. The van der Waals surface area contributed by atoms with Gasteiger partial charge in [0.25, 0.3) is 0 Å². The van der Waals surface area contributed by atoms with Gasteiger partial charge in [-0.05, 0) is 18.9 Å². The van der Waals surface area contributed by atoms with Gasteiger partial charge in [-0.25, -0.2) is 0 Å². The molecule has 2 rings (SSSR count). The Bertz CT molecular complexity index is 475. The molecule has 1 aromatic carbocycles. The highest BCUT2D eigenvalue weighted by atomic mass is 16.5. The van der Waals surface area contributed by atoms with Gasteiger partial charge >= 0.3 is 0 Å². The molecule has 1 aromatic rings. The standard InChI is InChI=1S/C15H20N2O3/c1-11-14(18)16-13(12-7-4-3-5-8-12)15(19)17(11)9-6-10-20-2/h3-5,7-8,11,13H,6,9-10H2,1-2H3,(H,16,18). The van der Waals surface area contributed by atoms with Crippen LogP contribution in [0.15, 0.2) is 30.3 Å². The number of nitrogens with zero attached hydrogens (tertiary/aromatic N) is 1. The van der Waals surface area contributed by atoms with Gasteiger partial charge in [0, 0.05) is 20.3 Å². The van der Waals surface area contributed by atoms with Crippen molar-refractivity contribution in [2.24, 2.45) is 0 Å². The van der Waals surface area contributed by atoms with Crippen molar-refractivity contribution in [3.05, 3.63) is 35.9 Å². The summed E-state index contributed by atoms with van der Waals surface area (Å²) >= 11 is 0. The number of hydrogen-bond acceptors (Lipinski definition) is 3. The Hall–Kier alpha value is -1.88. The van der Waals surface area contributed by atoms with E-state index in [4.69, 9.17) is 4.74 Å². The number of benzene rings is 1. The highest BCUT2D eigenvalue weighted by Crippen LogP contribution is 2.22. The maximum Gasteiger partial charge on any atom is 0.250 e. The van der Waals surface area contributed by atoms with Gasteiger partial charge in [-0.1, -0.05) is 30.3 Å². The molecule has 1 aliphatic heterocycles. The van der Waals surface area contributed by atoms with E-state index in [2.05, 4.69) is 5.32 Å². The minimum absolute atomic E-state index is 0.0561. The minimum atomic E-state index is -0.581. The quantitative estimate of drug-likeness (QED) is 0.820. The minimum Gasteiger partial charge on any atom is -0.385 e. The molecule has 5 heteroatoms. The van der Waals surface area contributed by atoms with Gasteiger partial charge in [-0.3, -0.25) is 9.59 Å². The van der Waals surface area contributed by atoms with Crippen LogP contribution < -0.4 is 5.32 Å². The molecular weight excluding hydrogens is 256 g/mol. The maximum atomic E-state index is 12.5. The highest BCUT2D eigenvalue weighted by Gasteiger charge is 2.38. The Morgan fingerprint density at radius 3 is 2.60 bits per heavy atom. The number of methoxy groups -OCH3 is 1. The number of amides is 2. The average molecular weight is 276 g/mol. The van der Waals surface area contributed by atoms with E-state index >= 15 is 0 Å². The molecule has 0 aromatic heterocycles. The summed E-state index contributed by atoms with van der Waals surface area (Å²) < 4.78 is 5.00. The summed E-state index contributed by atoms with van der Waals surface area (Å²) in [6.07, 6.45) is 0.724. The molecule has 0 bridgehead atoms. The average Bonchev–Trinajstić information content (AvgIpc) is 2.47.